The SMILES string of the molecule is O=C(Cn1nc2c3ccccc3nc(C3CC3)n2c1=O)NC1CC1. The van der Waals surface area contributed by atoms with E-state index in [1.54, 1.807) is 4.40 Å². The minimum Gasteiger partial charge on any atom is -0.352 e. The number of nitrogens with zero attached hydrogens (tertiary/aromatic N) is 4. The van der Waals surface area contributed by atoms with Crippen molar-refractivity contribution in [1.29, 1.82) is 0 Å². The van der Waals surface area contributed by atoms with Crippen molar-refractivity contribution in [2.24, 2.45) is 0 Å². The molecule has 0 aliphatic heterocycles. The molecule has 0 saturated heterocycles. The van der Waals surface area contributed by atoms with Gasteiger partial charge in [0.2, 0.25) is 5.91 Å². The standard InChI is InChI=1S/C17H17N5O2/c23-14(18-11-7-8-11)9-21-17(24)22-15(10-5-6-10)19-13-4-2-1-3-12(13)16(22)20-21/h1-4,10-11H,5-9H2,(H,18,23). The average molecular weight is 323 g/mol. The van der Waals surface area contributed by atoms with E-state index in [9.17, 15) is 9.59 Å². The maximum Gasteiger partial charge on any atom is 0.352 e. The van der Waals surface area contributed by atoms with E-state index in [2.05, 4.69) is 15.4 Å². The second kappa shape index (κ2) is 4.90. The Morgan fingerprint density at radius 1 is 1.21 bits per heavy atom. The van der Waals surface area contributed by atoms with Gasteiger partial charge in [0.25, 0.3) is 0 Å². The van der Waals surface area contributed by atoms with E-state index in [-0.39, 0.29) is 24.2 Å². The number of hydrogen-bond donors (Lipinski definition) is 1. The number of amides is 1. The van der Waals surface area contributed by atoms with Gasteiger partial charge in [-0.25, -0.2) is 18.9 Å². The molecule has 3 aromatic rings. The summed E-state index contributed by atoms with van der Waals surface area (Å²) in [7, 11) is 0. The number of fused-ring (bicyclic) bond motifs is 3. The van der Waals surface area contributed by atoms with Gasteiger partial charge >= 0.3 is 5.69 Å². The molecule has 7 heteroatoms. The first-order valence-electron chi connectivity index (χ1n) is 8.38. The molecule has 5 rings (SSSR count). The summed E-state index contributed by atoms with van der Waals surface area (Å²) in [5.74, 6) is 0.920. The minimum absolute atomic E-state index is 0.0462. The fourth-order valence-corrected chi connectivity index (χ4v) is 3.08. The maximum absolute atomic E-state index is 12.8. The highest BCUT2D eigenvalue weighted by Crippen LogP contribution is 2.39. The van der Waals surface area contributed by atoms with E-state index in [0.29, 0.717) is 11.6 Å². The zero-order chi connectivity index (χ0) is 16.3. The summed E-state index contributed by atoms with van der Waals surface area (Å²) in [5, 5.41) is 8.18. The Labute approximate surface area is 137 Å². The van der Waals surface area contributed by atoms with Gasteiger partial charge in [-0.05, 0) is 37.8 Å². The lowest BCUT2D eigenvalue weighted by Crippen LogP contribution is -2.34. The zero-order valence-corrected chi connectivity index (χ0v) is 13.1. The van der Waals surface area contributed by atoms with Crippen molar-refractivity contribution in [2.45, 2.75) is 44.2 Å². The predicted molar refractivity (Wildman–Crippen MR) is 87.9 cm³/mol. The molecule has 2 aromatic heterocycles. The summed E-state index contributed by atoms with van der Waals surface area (Å²) in [6.07, 6.45) is 4.12. The molecule has 1 aromatic carbocycles. The van der Waals surface area contributed by atoms with E-state index in [1.165, 1.54) is 4.68 Å². The number of hydrogen-bond acceptors (Lipinski definition) is 4. The lowest BCUT2D eigenvalue weighted by atomic mass is 10.2. The fraction of sp³-hybridized carbons (Fsp3) is 0.412. The number of aromatic nitrogens is 4. The molecule has 24 heavy (non-hydrogen) atoms. The van der Waals surface area contributed by atoms with Gasteiger partial charge < -0.3 is 5.32 Å². The molecule has 2 aliphatic rings. The minimum atomic E-state index is -0.281. The highest BCUT2D eigenvalue weighted by atomic mass is 16.2. The molecule has 0 spiro atoms. The number of nitrogens with one attached hydrogen (secondary N) is 1. The molecule has 7 nitrogen and oxygen atoms in total. The van der Waals surface area contributed by atoms with Crippen LogP contribution in [0.4, 0.5) is 0 Å². The third kappa shape index (κ3) is 2.19. The number of rotatable bonds is 4. The van der Waals surface area contributed by atoms with Crippen LogP contribution in [-0.4, -0.2) is 31.1 Å². The van der Waals surface area contributed by atoms with Crippen molar-refractivity contribution in [2.75, 3.05) is 0 Å². The predicted octanol–water partition coefficient (Wildman–Crippen LogP) is 1.20. The number of carbonyl (C=O) groups excluding carboxylic acids is 1. The summed E-state index contributed by atoms with van der Waals surface area (Å²) in [4.78, 5) is 29.5. The van der Waals surface area contributed by atoms with Crippen LogP contribution < -0.4 is 11.0 Å². The average Bonchev–Trinajstić information content (AvgIpc) is 3.48. The highest BCUT2D eigenvalue weighted by Gasteiger charge is 2.30. The molecule has 1 N–H and O–H groups in total. The van der Waals surface area contributed by atoms with Gasteiger partial charge in [0.05, 0.1) is 5.52 Å². The van der Waals surface area contributed by atoms with Gasteiger partial charge in [0.1, 0.15) is 12.4 Å². The van der Waals surface area contributed by atoms with Crippen LogP contribution in [0, 0.1) is 0 Å². The number of carbonyl (C=O) groups is 1. The highest BCUT2D eigenvalue weighted by molar-refractivity contribution is 5.91. The van der Waals surface area contributed by atoms with Gasteiger partial charge in [0, 0.05) is 17.3 Å². The van der Waals surface area contributed by atoms with E-state index in [1.807, 2.05) is 24.3 Å². The monoisotopic (exact) mass is 323 g/mol. The molecular weight excluding hydrogens is 306 g/mol. The summed E-state index contributed by atoms with van der Waals surface area (Å²) >= 11 is 0. The first-order chi connectivity index (χ1) is 11.7. The van der Waals surface area contributed by atoms with Crippen LogP contribution >= 0.6 is 0 Å². The van der Waals surface area contributed by atoms with E-state index in [4.69, 9.17) is 0 Å². The quantitative estimate of drug-likeness (QED) is 0.782. The van der Waals surface area contributed by atoms with Gasteiger partial charge in [-0.1, -0.05) is 12.1 Å². The zero-order valence-electron chi connectivity index (χ0n) is 13.1. The van der Waals surface area contributed by atoms with Crippen LogP contribution in [0.5, 0.6) is 0 Å². The van der Waals surface area contributed by atoms with Crippen LogP contribution in [0.15, 0.2) is 29.1 Å². The maximum atomic E-state index is 12.8. The third-order valence-corrected chi connectivity index (χ3v) is 4.63. The molecule has 0 radical (unpaired) electrons. The molecule has 0 bridgehead atoms. The Bertz CT molecular complexity index is 1030. The van der Waals surface area contributed by atoms with Crippen LogP contribution in [0.25, 0.3) is 16.6 Å². The van der Waals surface area contributed by atoms with Crippen LogP contribution in [0.2, 0.25) is 0 Å². The third-order valence-electron chi connectivity index (χ3n) is 4.63. The second-order valence-corrected chi connectivity index (χ2v) is 6.70. The van der Waals surface area contributed by atoms with Crippen LogP contribution in [0.3, 0.4) is 0 Å². The van der Waals surface area contributed by atoms with E-state index >= 15 is 0 Å². The molecule has 0 unspecified atom stereocenters. The molecule has 0 atom stereocenters. The van der Waals surface area contributed by atoms with E-state index < -0.39 is 0 Å². The van der Waals surface area contributed by atoms with Crippen molar-refractivity contribution in [3.63, 3.8) is 0 Å². The molecule has 2 fully saturated rings. The molecule has 2 heterocycles. The summed E-state index contributed by atoms with van der Waals surface area (Å²) < 4.78 is 2.84. The molecule has 1 amide bonds. The Morgan fingerprint density at radius 2 is 2.00 bits per heavy atom. The summed E-state index contributed by atoms with van der Waals surface area (Å²) in [5.41, 5.74) is 1.15. The molecule has 2 saturated carbocycles. The van der Waals surface area contributed by atoms with Crippen molar-refractivity contribution in [3.8, 4) is 0 Å². The summed E-state index contributed by atoms with van der Waals surface area (Å²) in [6.45, 7) is -0.0462. The lowest BCUT2D eigenvalue weighted by Gasteiger charge is -2.04. The molecule has 2 aliphatic carbocycles. The normalized spacial score (nSPS) is 17.5. The first kappa shape index (κ1) is 13.7. The smallest absolute Gasteiger partial charge is 0.352 e. The van der Waals surface area contributed by atoms with Crippen molar-refractivity contribution in [1.82, 2.24) is 24.5 Å². The van der Waals surface area contributed by atoms with Crippen LogP contribution in [0.1, 0.15) is 37.4 Å². The van der Waals surface area contributed by atoms with E-state index in [0.717, 1.165) is 42.4 Å². The Hall–Kier alpha value is -2.70. The van der Waals surface area contributed by atoms with Crippen molar-refractivity contribution >= 4 is 22.5 Å². The lowest BCUT2D eigenvalue weighted by molar-refractivity contribution is -0.122. The molecule has 122 valence electrons. The Balaban J connectivity index is 1.67. The largest absolute Gasteiger partial charge is 0.352 e. The van der Waals surface area contributed by atoms with Crippen molar-refractivity contribution < 1.29 is 4.79 Å². The Kier molecular flexibility index (Phi) is 2.80. The first-order valence-corrected chi connectivity index (χ1v) is 8.38. The topological polar surface area (TPSA) is 81.3 Å². The second-order valence-electron chi connectivity index (χ2n) is 6.70. The van der Waals surface area contributed by atoms with Crippen molar-refractivity contribution in [3.05, 3.63) is 40.6 Å². The van der Waals surface area contributed by atoms with Gasteiger partial charge in [-0.15, -0.1) is 5.10 Å². The number of benzene rings is 1. The Morgan fingerprint density at radius 3 is 2.75 bits per heavy atom. The van der Waals surface area contributed by atoms with Crippen LogP contribution in [-0.2, 0) is 11.3 Å². The van der Waals surface area contributed by atoms with Gasteiger partial charge in [-0.2, -0.15) is 0 Å². The fourth-order valence-electron chi connectivity index (χ4n) is 3.08. The van der Waals surface area contributed by atoms with Gasteiger partial charge in [0.15, 0.2) is 5.65 Å². The van der Waals surface area contributed by atoms with Gasteiger partial charge in [-0.3, -0.25) is 4.79 Å². The number of para-hydroxylation sites is 1. The summed E-state index contributed by atoms with van der Waals surface area (Å²) in [6, 6.07) is 7.96. The molecular formula is C17H17N5O2.